The average Bonchev–Trinajstić information content (AvgIpc) is 2.69. The lowest BCUT2D eigenvalue weighted by molar-refractivity contribution is 0.102. The van der Waals surface area contributed by atoms with E-state index >= 15 is 0 Å². The zero-order valence-corrected chi connectivity index (χ0v) is 17.0. The average molecular weight is 432 g/mol. The number of hydrogen-bond acceptors (Lipinski definition) is 6. The van der Waals surface area contributed by atoms with Gasteiger partial charge in [-0.2, -0.15) is 0 Å². The second-order valence-electron chi connectivity index (χ2n) is 6.18. The third-order valence-corrected chi connectivity index (χ3v) is 5.01. The van der Waals surface area contributed by atoms with Gasteiger partial charge in [0, 0.05) is 34.3 Å². The smallest absolute Gasteiger partial charge is 0.257 e. The fourth-order valence-corrected chi connectivity index (χ4v) is 3.38. The maximum atomic E-state index is 12.6. The first-order chi connectivity index (χ1) is 13.8. The van der Waals surface area contributed by atoms with Gasteiger partial charge in [0.05, 0.1) is 10.7 Å². The molecule has 7 nitrogen and oxygen atoms in total. The number of nitrogen functional groups attached to an aromatic ring is 1. The Morgan fingerprint density at radius 3 is 2.62 bits per heavy atom. The van der Waals surface area contributed by atoms with Crippen molar-refractivity contribution in [2.75, 3.05) is 11.1 Å². The number of aromatic nitrogens is 1. The van der Waals surface area contributed by atoms with Crippen LogP contribution in [-0.4, -0.2) is 19.3 Å². The first-order valence-corrected chi connectivity index (χ1v) is 10.1. The Hall–Kier alpha value is -2.94. The maximum Gasteiger partial charge on any atom is 0.257 e. The van der Waals surface area contributed by atoms with Crippen molar-refractivity contribution < 1.29 is 17.4 Å². The van der Waals surface area contributed by atoms with Crippen molar-refractivity contribution in [1.82, 2.24) is 4.98 Å². The largest absolute Gasteiger partial charge is 0.398 e. The van der Waals surface area contributed by atoms with E-state index in [0.29, 0.717) is 33.1 Å². The van der Waals surface area contributed by atoms with Crippen LogP contribution in [0.5, 0.6) is 0 Å². The van der Waals surface area contributed by atoms with Gasteiger partial charge in [0.2, 0.25) is 0 Å². The molecular formula is C20H18ClN3O4S. The zero-order chi connectivity index (χ0) is 21.0. The Bertz CT molecular complexity index is 1110. The predicted molar refractivity (Wildman–Crippen MR) is 113 cm³/mol. The summed E-state index contributed by atoms with van der Waals surface area (Å²) in [4.78, 5) is 16.9. The van der Waals surface area contributed by atoms with Crippen molar-refractivity contribution in [3.8, 4) is 11.3 Å². The van der Waals surface area contributed by atoms with Gasteiger partial charge in [-0.1, -0.05) is 23.7 Å². The number of nitrogens with one attached hydrogen (secondary N) is 1. The van der Waals surface area contributed by atoms with Crippen molar-refractivity contribution in [3.63, 3.8) is 0 Å². The number of thiol groups is 1. The standard InChI is InChI=1S/C20H18ClN3O4S/c1-12(28-29(26)27)15-7-5-13(10-18(15)22)20(25)24-14-6-8-17(21)16(11-14)19-4-2-3-9-23-19/h2-12,29H,22H2,1H3,(H,24,25). The Morgan fingerprint density at radius 1 is 1.17 bits per heavy atom. The van der Waals surface area contributed by atoms with Crippen LogP contribution in [0.25, 0.3) is 11.3 Å². The summed E-state index contributed by atoms with van der Waals surface area (Å²) < 4.78 is 26.2. The molecule has 3 aromatic rings. The SMILES string of the molecule is CC(O[SH](=O)=O)c1ccc(C(=O)Nc2ccc(Cl)c(-c3ccccn3)c2)cc1N. The Kier molecular flexibility index (Phi) is 6.48. The summed E-state index contributed by atoms with van der Waals surface area (Å²) in [5, 5.41) is 3.31. The van der Waals surface area contributed by atoms with Crippen LogP contribution in [0.1, 0.15) is 28.9 Å². The molecule has 1 amide bonds. The van der Waals surface area contributed by atoms with Gasteiger partial charge in [0.25, 0.3) is 16.9 Å². The molecule has 0 aliphatic carbocycles. The van der Waals surface area contributed by atoms with Gasteiger partial charge in [-0.15, -0.1) is 0 Å². The van der Waals surface area contributed by atoms with Crippen LogP contribution < -0.4 is 11.1 Å². The molecule has 0 saturated carbocycles. The summed E-state index contributed by atoms with van der Waals surface area (Å²) in [6.07, 6.45) is 0.917. The Labute approximate surface area is 174 Å². The fraction of sp³-hybridized carbons (Fsp3) is 0.100. The lowest BCUT2D eigenvalue weighted by atomic mass is 10.0. The Morgan fingerprint density at radius 2 is 1.97 bits per heavy atom. The number of carbonyl (C=O) groups is 1. The van der Waals surface area contributed by atoms with Gasteiger partial charge in [-0.25, -0.2) is 8.42 Å². The van der Waals surface area contributed by atoms with E-state index in [2.05, 4.69) is 10.3 Å². The van der Waals surface area contributed by atoms with E-state index in [4.69, 9.17) is 21.5 Å². The second kappa shape index (κ2) is 9.04. The molecule has 2 aromatic carbocycles. The van der Waals surface area contributed by atoms with Crippen LogP contribution in [-0.2, 0) is 15.2 Å². The molecule has 1 heterocycles. The monoisotopic (exact) mass is 431 g/mol. The normalized spacial score (nSPS) is 12.0. The molecule has 1 unspecified atom stereocenters. The van der Waals surface area contributed by atoms with E-state index in [9.17, 15) is 13.2 Å². The molecule has 1 aromatic heterocycles. The molecule has 0 saturated heterocycles. The minimum atomic E-state index is -3.01. The highest BCUT2D eigenvalue weighted by molar-refractivity contribution is 7.67. The third-order valence-electron chi connectivity index (χ3n) is 4.20. The molecule has 1 atom stereocenters. The predicted octanol–water partition coefficient (Wildman–Crippen LogP) is 3.84. The van der Waals surface area contributed by atoms with E-state index in [1.807, 2.05) is 12.1 Å². The third kappa shape index (κ3) is 5.11. The minimum Gasteiger partial charge on any atom is -0.398 e. The fourth-order valence-electron chi connectivity index (χ4n) is 2.80. The molecule has 0 radical (unpaired) electrons. The number of amides is 1. The first kappa shape index (κ1) is 20.8. The molecule has 0 fully saturated rings. The summed E-state index contributed by atoms with van der Waals surface area (Å²) in [7, 11) is -3.01. The minimum absolute atomic E-state index is 0.257. The molecule has 0 spiro atoms. The van der Waals surface area contributed by atoms with Crippen LogP contribution in [0.15, 0.2) is 60.8 Å². The van der Waals surface area contributed by atoms with Crippen molar-refractivity contribution >= 4 is 39.9 Å². The van der Waals surface area contributed by atoms with Gasteiger partial charge >= 0.3 is 0 Å². The Balaban J connectivity index is 1.81. The summed E-state index contributed by atoms with van der Waals surface area (Å²) in [6.45, 7) is 1.56. The van der Waals surface area contributed by atoms with Crippen molar-refractivity contribution in [3.05, 3.63) is 76.9 Å². The van der Waals surface area contributed by atoms with Crippen LogP contribution in [0, 0.1) is 0 Å². The van der Waals surface area contributed by atoms with Gasteiger partial charge in [-0.3, -0.25) is 14.0 Å². The van der Waals surface area contributed by atoms with Gasteiger partial charge in [0.15, 0.2) is 0 Å². The molecule has 0 aliphatic rings. The molecule has 29 heavy (non-hydrogen) atoms. The molecular weight excluding hydrogens is 414 g/mol. The van der Waals surface area contributed by atoms with Crippen LogP contribution in [0.2, 0.25) is 5.02 Å². The van der Waals surface area contributed by atoms with E-state index in [0.717, 1.165) is 0 Å². The summed E-state index contributed by atoms with van der Waals surface area (Å²) >= 11 is 6.26. The highest BCUT2D eigenvalue weighted by Gasteiger charge is 2.15. The number of pyridine rings is 1. The quantitative estimate of drug-likeness (QED) is 0.404. The highest BCUT2D eigenvalue weighted by Crippen LogP contribution is 2.30. The van der Waals surface area contributed by atoms with Crippen molar-refractivity contribution in [2.45, 2.75) is 13.0 Å². The maximum absolute atomic E-state index is 12.6. The van der Waals surface area contributed by atoms with Crippen LogP contribution in [0.4, 0.5) is 11.4 Å². The van der Waals surface area contributed by atoms with E-state index in [1.54, 1.807) is 49.5 Å². The van der Waals surface area contributed by atoms with Gasteiger partial charge in [-0.05, 0) is 49.4 Å². The number of benzene rings is 2. The summed E-state index contributed by atoms with van der Waals surface area (Å²) in [6, 6.07) is 15.2. The number of halogens is 1. The second-order valence-corrected chi connectivity index (χ2v) is 7.24. The molecule has 3 N–H and O–H groups in total. The van der Waals surface area contributed by atoms with Crippen molar-refractivity contribution in [2.24, 2.45) is 0 Å². The van der Waals surface area contributed by atoms with E-state index in [-0.39, 0.29) is 11.6 Å². The number of carbonyl (C=O) groups excluding carboxylic acids is 1. The summed E-state index contributed by atoms with van der Waals surface area (Å²) in [5.41, 5.74) is 8.94. The topological polar surface area (TPSA) is 111 Å². The lowest BCUT2D eigenvalue weighted by Crippen LogP contribution is -2.13. The van der Waals surface area contributed by atoms with Gasteiger partial charge in [0.1, 0.15) is 6.10 Å². The number of rotatable bonds is 6. The van der Waals surface area contributed by atoms with E-state index in [1.165, 1.54) is 6.07 Å². The number of nitrogens with two attached hydrogens (primary N) is 1. The molecule has 3 rings (SSSR count). The van der Waals surface area contributed by atoms with Crippen LogP contribution in [0.3, 0.4) is 0 Å². The van der Waals surface area contributed by atoms with Crippen LogP contribution >= 0.6 is 11.6 Å². The highest BCUT2D eigenvalue weighted by atomic mass is 35.5. The number of nitrogens with zero attached hydrogens (tertiary/aromatic N) is 1. The van der Waals surface area contributed by atoms with Crippen molar-refractivity contribution in [1.29, 1.82) is 0 Å². The zero-order valence-electron chi connectivity index (χ0n) is 15.3. The number of hydrogen-bond donors (Lipinski definition) is 3. The van der Waals surface area contributed by atoms with E-state index < -0.39 is 17.1 Å². The molecule has 0 aliphatic heterocycles. The van der Waals surface area contributed by atoms with Gasteiger partial charge < -0.3 is 11.1 Å². The molecule has 9 heteroatoms. The molecule has 150 valence electrons. The molecule has 0 bridgehead atoms. The number of anilines is 2. The first-order valence-electron chi connectivity index (χ1n) is 8.58. The lowest BCUT2D eigenvalue weighted by Gasteiger charge is -2.13. The summed E-state index contributed by atoms with van der Waals surface area (Å²) in [5.74, 6) is -0.374.